The first-order valence-electron chi connectivity index (χ1n) is 8.20. The van der Waals surface area contributed by atoms with Gasteiger partial charge in [0.25, 0.3) is 0 Å². The number of nitrogen functional groups attached to an aromatic ring is 1. The number of para-hydroxylation sites is 1. The lowest BCUT2D eigenvalue weighted by Crippen LogP contribution is -2.13. The highest BCUT2D eigenvalue weighted by Gasteiger charge is 2.32. The van der Waals surface area contributed by atoms with E-state index in [2.05, 4.69) is 4.74 Å². The number of esters is 1. The number of halogens is 3. The molecule has 0 unspecified atom stereocenters. The second-order valence-corrected chi connectivity index (χ2v) is 5.87. The Balaban J connectivity index is 2.26. The molecule has 1 aromatic heterocycles. The Morgan fingerprint density at radius 3 is 2.45 bits per heavy atom. The van der Waals surface area contributed by atoms with E-state index in [1.807, 2.05) is 0 Å². The summed E-state index contributed by atoms with van der Waals surface area (Å²) in [6.07, 6.45) is -3.48. The summed E-state index contributed by atoms with van der Waals surface area (Å²) < 4.78 is 51.4. The molecule has 1 heterocycles. The van der Waals surface area contributed by atoms with E-state index >= 15 is 0 Å². The second-order valence-electron chi connectivity index (χ2n) is 5.87. The molecule has 0 amide bonds. The molecule has 0 radical (unpaired) electrons. The van der Waals surface area contributed by atoms with Gasteiger partial charge >= 0.3 is 12.1 Å². The fraction of sp³-hybridized carbons (Fsp3) is 0.100. The lowest BCUT2D eigenvalue weighted by molar-refractivity contribution is -0.137. The van der Waals surface area contributed by atoms with E-state index in [0.717, 1.165) is 36.1 Å². The molecular weight excluding hydrogens is 387 g/mol. The third kappa shape index (κ3) is 3.87. The summed E-state index contributed by atoms with van der Waals surface area (Å²) in [6, 6.07) is 13.0. The average molecular weight is 401 g/mol. The van der Waals surface area contributed by atoms with Crippen LogP contribution in [0.4, 0.5) is 18.9 Å². The zero-order valence-electron chi connectivity index (χ0n) is 15.0. The molecule has 0 aliphatic rings. The van der Waals surface area contributed by atoms with Gasteiger partial charge in [-0.05, 0) is 30.3 Å². The van der Waals surface area contributed by atoms with Crippen molar-refractivity contribution in [3.8, 4) is 23.3 Å². The van der Waals surface area contributed by atoms with Crippen LogP contribution in [-0.4, -0.2) is 17.6 Å². The van der Waals surface area contributed by atoms with Gasteiger partial charge in [0.15, 0.2) is 11.4 Å². The van der Waals surface area contributed by atoms with E-state index in [1.165, 1.54) is 0 Å². The van der Waals surface area contributed by atoms with Crippen LogP contribution in [-0.2, 0) is 10.9 Å². The van der Waals surface area contributed by atoms with Crippen LogP contribution in [0.1, 0.15) is 21.6 Å². The Kier molecular flexibility index (Phi) is 5.19. The molecule has 0 aliphatic carbocycles. The molecule has 148 valence electrons. The number of aromatic nitrogens is 1. The molecule has 9 heteroatoms. The number of alkyl halides is 3. The van der Waals surface area contributed by atoms with E-state index in [0.29, 0.717) is 5.75 Å². The maximum absolute atomic E-state index is 13.3. The van der Waals surface area contributed by atoms with Crippen LogP contribution in [0.5, 0.6) is 11.5 Å². The molecule has 2 N–H and O–H groups in total. The van der Waals surface area contributed by atoms with E-state index in [9.17, 15) is 23.2 Å². The van der Waals surface area contributed by atoms with E-state index in [1.54, 1.807) is 36.4 Å². The van der Waals surface area contributed by atoms with Crippen LogP contribution in [0, 0.1) is 11.3 Å². The molecule has 0 atom stereocenters. The Bertz CT molecular complexity index is 1100. The number of carbonyl (C=O) groups excluding carboxylic acids is 1. The molecule has 0 fully saturated rings. The van der Waals surface area contributed by atoms with E-state index in [-0.39, 0.29) is 28.4 Å². The molecule has 6 nitrogen and oxygen atoms in total. The fourth-order valence-corrected chi connectivity index (χ4v) is 2.69. The molecule has 0 spiro atoms. The van der Waals surface area contributed by atoms with Gasteiger partial charge in [-0.1, -0.05) is 18.2 Å². The lowest BCUT2D eigenvalue weighted by atomic mass is 10.1. The third-order valence-electron chi connectivity index (χ3n) is 4.06. The van der Waals surface area contributed by atoms with Crippen LogP contribution in [0.25, 0.3) is 5.69 Å². The number of methoxy groups -OCH3 is 1. The molecule has 3 rings (SSSR count). The first-order valence-corrected chi connectivity index (χ1v) is 8.20. The van der Waals surface area contributed by atoms with Crippen LogP contribution in [0.3, 0.4) is 0 Å². The van der Waals surface area contributed by atoms with Crippen molar-refractivity contribution in [3.63, 3.8) is 0 Å². The predicted octanol–water partition coefficient (Wildman–Crippen LogP) is 4.53. The zero-order valence-corrected chi connectivity index (χ0v) is 15.0. The minimum atomic E-state index is -4.64. The minimum absolute atomic E-state index is 0.0221. The maximum Gasteiger partial charge on any atom is 0.416 e. The van der Waals surface area contributed by atoms with Gasteiger partial charge in [-0.2, -0.15) is 18.4 Å². The molecule has 0 saturated heterocycles. The highest BCUT2D eigenvalue weighted by molar-refractivity contribution is 5.96. The number of anilines is 1. The first kappa shape index (κ1) is 19.8. The van der Waals surface area contributed by atoms with Gasteiger partial charge in [0, 0.05) is 6.20 Å². The third-order valence-corrected chi connectivity index (χ3v) is 4.06. The maximum atomic E-state index is 13.3. The Morgan fingerprint density at radius 1 is 1.17 bits per heavy atom. The van der Waals surface area contributed by atoms with Crippen molar-refractivity contribution in [1.29, 1.82) is 5.26 Å². The number of hydrogen-bond acceptors (Lipinski definition) is 5. The Labute approximate surface area is 163 Å². The number of ether oxygens (including phenoxy) is 2. The van der Waals surface area contributed by atoms with Gasteiger partial charge in [-0.3, -0.25) is 0 Å². The van der Waals surface area contributed by atoms with Gasteiger partial charge in [-0.25, -0.2) is 4.79 Å². The summed E-state index contributed by atoms with van der Waals surface area (Å²) in [6.45, 7) is 0. The normalized spacial score (nSPS) is 11.0. The van der Waals surface area contributed by atoms with E-state index in [4.69, 9.17) is 10.5 Å². The van der Waals surface area contributed by atoms with Crippen molar-refractivity contribution in [2.45, 2.75) is 6.18 Å². The van der Waals surface area contributed by atoms with Crippen molar-refractivity contribution < 1.29 is 27.4 Å². The summed E-state index contributed by atoms with van der Waals surface area (Å²) in [7, 11) is 1.10. The largest absolute Gasteiger partial charge is 0.464 e. The quantitative estimate of drug-likeness (QED) is 0.649. The van der Waals surface area contributed by atoms with Gasteiger partial charge in [0.1, 0.15) is 11.8 Å². The molecule has 0 bridgehead atoms. The van der Waals surface area contributed by atoms with Crippen LogP contribution < -0.4 is 10.5 Å². The average Bonchev–Trinajstić information content (AvgIpc) is 3.03. The van der Waals surface area contributed by atoms with E-state index < -0.39 is 17.7 Å². The minimum Gasteiger partial charge on any atom is -0.464 e. The molecule has 0 aliphatic heterocycles. The molecule has 0 saturated carbocycles. The van der Waals surface area contributed by atoms with Crippen molar-refractivity contribution in [2.75, 3.05) is 12.8 Å². The van der Waals surface area contributed by atoms with Gasteiger partial charge in [-0.15, -0.1) is 0 Å². The topological polar surface area (TPSA) is 90.3 Å². The second kappa shape index (κ2) is 7.59. The summed E-state index contributed by atoms with van der Waals surface area (Å²) >= 11 is 0. The van der Waals surface area contributed by atoms with Crippen molar-refractivity contribution >= 4 is 11.7 Å². The van der Waals surface area contributed by atoms with Gasteiger partial charge in [0.2, 0.25) is 0 Å². The highest BCUT2D eigenvalue weighted by Crippen LogP contribution is 2.37. The fourth-order valence-electron chi connectivity index (χ4n) is 2.69. The van der Waals surface area contributed by atoms with Crippen molar-refractivity contribution in [3.05, 3.63) is 71.5 Å². The number of rotatable bonds is 4. The number of benzene rings is 2. The number of hydrogen-bond donors (Lipinski definition) is 1. The number of nitrogens with zero attached hydrogens (tertiary/aromatic N) is 2. The standard InChI is InChI=1S/C20H14F3N3O3/c1-28-19(27)18-17(25)12(10-24)11-26(18)15-9-13(20(21,22)23)7-8-16(15)29-14-5-3-2-4-6-14/h2-9,11H,25H2,1H3. The molecule has 3 aromatic rings. The summed E-state index contributed by atoms with van der Waals surface area (Å²) in [5.74, 6) is -0.519. The summed E-state index contributed by atoms with van der Waals surface area (Å²) in [5.41, 5.74) is 4.18. The molecular formula is C20H14F3N3O3. The Hall–Kier alpha value is -3.93. The lowest BCUT2D eigenvalue weighted by Gasteiger charge is -2.17. The van der Waals surface area contributed by atoms with Gasteiger partial charge < -0.3 is 19.8 Å². The number of carbonyl (C=O) groups is 1. The van der Waals surface area contributed by atoms with Crippen molar-refractivity contribution in [2.24, 2.45) is 0 Å². The SMILES string of the molecule is COC(=O)c1c(N)c(C#N)cn1-c1cc(C(F)(F)F)ccc1Oc1ccccc1. The van der Waals surface area contributed by atoms with Crippen LogP contribution >= 0.6 is 0 Å². The first-order chi connectivity index (χ1) is 13.8. The van der Waals surface area contributed by atoms with Gasteiger partial charge in [0.05, 0.1) is 29.6 Å². The van der Waals surface area contributed by atoms with Crippen LogP contribution in [0.15, 0.2) is 54.7 Å². The zero-order chi connectivity index (χ0) is 21.2. The summed E-state index contributed by atoms with van der Waals surface area (Å²) in [5, 5.41) is 9.24. The predicted molar refractivity (Wildman–Crippen MR) is 97.8 cm³/mol. The smallest absolute Gasteiger partial charge is 0.416 e. The summed E-state index contributed by atoms with van der Waals surface area (Å²) in [4.78, 5) is 12.2. The monoisotopic (exact) mass is 401 g/mol. The number of nitrogens with two attached hydrogens (primary N) is 1. The Morgan fingerprint density at radius 2 is 1.86 bits per heavy atom. The highest BCUT2D eigenvalue weighted by atomic mass is 19.4. The number of nitriles is 1. The van der Waals surface area contributed by atoms with Crippen LogP contribution in [0.2, 0.25) is 0 Å². The molecule has 2 aromatic carbocycles. The van der Waals surface area contributed by atoms with Crippen molar-refractivity contribution in [1.82, 2.24) is 4.57 Å². The molecule has 29 heavy (non-hydrogen) atoms.